The summed E-state index contributed by atoms with van der Waals surface area (Å²) in [5.41, 5.74) is 8.08. The third-order valence-corrected chi connectivity index (χ3v) is 3.19. The van der Waals surface area contributed by atoms with Crippen molar-refractivity contribution in [1.82, 2.24) is 15.1 Å². The number of rotatable bonds is 3. The van der Waals surface area contributed by atoms with Crippen molar-refractivity contribution < 1.29 is 8.91 Å². The molecule has 3 rings (SSSR count). The third kappa shape index (κ3) is 2.47. The molecule has 0 unspecified atom stereocenters. The standard InChI is InChI=1S/C15H13FN4O/c1-2-9-8-18-6-5-11(9)14-19-15(21-20-14)10-3-4-12(16)13(17)7-10/h3-8H,2,17H2,1H3. The lowest BCUT2D eigenvalue weighted by atomic mass is 10.1. The number of nitrogens with zero attached hydrogens (tertiary/aromatic N) is 3. The highest BCUT2D eigenvalue weighted by atomic mass is 19.1. The Morgan fingerprint density at radius 1 is 1.29 bits per heavy atom. The highest BCUT2D eigenvalue weighted by Gasteiger charge is 2.14. The smallest absolute Gasteiger partial charge is 0.258 e. The van der Waals surface area contributed by atoms with Crippen LogP contribution in [0.1, 0.15) is 12.5 Å². The third-order valence-electron chi connectivity index (χ3n) is 3.19. The van der Waals surface area contributed by atoms with E-state index in [0.717, 1.165) is 17.5 Å². The van der Waals surface area contributed by atoms with Crippen molar-refractivity contribution in [2.45, 2.75) is 13.3 Å². The summed E-state index contributed by atoms with van der Waals surface area (Å²) >= 11 is 0. The van der Waals surface area contributed by atoms with Gasteiger partial charge in [0.15, 0.2) is 0 Å². The van der Waals surface area contributed by atoms with E-state index >= 15 is 0 Å². The van der Waals surface area contributed by atoms with Crippen molar-refractivity contribution in [3.8, 4) is 22.8 Å². The predicted molar refractivity (Wildman–Crippen MR) is 76.7 cm³/mol. The summed E-state index contributed by atoms with van der Waals surface area (Å²) in [7, 11) is 0. The maximum atomic E-state index is 13.2. The number of benzene rings is 1. The lowest BCUT2D eigenvalue weighted by Crippen LogP contribution is -1.92. The predicted octanol–water partition coefficient (Wildman–Crippen LogP) is 3.08. The molecule has 3 aromatic rings. The molecule has 2 N–H and O–H groups in total. The number of hydrogen-bond acceptors (Lipinski definition) is 5. The fourth-order valence-corrected chi connectivity index (χ4v) is 2.05. The zero-order chi connectivity index (χ0) is 14.8. The Labute approximate surface area is 120 Å². The number of nitrogens with two attached hydrogens (primary N) is 1. The van der Waals surface area contributed by atoms with Crippen LogP contribution in [0, 0.1) is 5.82 Å². The van der Waals surface area contributed by atoms with Crippen LogP contribution in [-0.4, -0.2) is 15.1 Å². The van der Waals surface area contributed by atoms with Gasteiger partial charge < -0.3 is 10.3 Å². The molecule has 0 aliphatic rings. The molecule has 2 heterocycles. The van der Waals surface area contributed by atoms with Gasteiger partial charge in [-0.3, -0.25) is 4.98 Å². The van der Waals surface area contributed by atoms with Gasteiger partial charge in [0.05, 0.1) is 5.69 Å². The summed E-state index contributed by atoms with van der Waals surface area (Å²) < 4.78 is 18.4. The Bertz CT molecular complexity index is 785. The zero-order valence-electron chi connectivity index (χ0n) is 11.4. The van der Waals surface area contributed by atoms with Crippen LogP contribution in [0.15, 0.2) is 41.2 Å². The fraction of sp³-hybridized carbons (Fsp3) is 0.133. The minimum Gasteiger partial charge on any atom is -0.396 e. The van der Waals surface area contributed by atoms with E-state index in [1.165, 1.54) is 12.1 Å². The summed E-state index contributed by atoms with van der Waals surface area (Å²) in [4.78, 5) is 8.43. The van der Waals surface area contributed by atoms with Crippen LogP contribution in [0.2, 0.25) is 0 Å². The molecule has 0 saturated heterocycles. The molecule has 0 saturated carbocycles. The Balaban J connectivity index is 2.01. The van der Waals surface area contributed by atoms with Gasteiger partial charge in [-0.1, -0.05) is 12.1 Å². The molecule has 0 aliphatic heterocycles. The molecule has 6 heteroatoms. The molecule has 0 atom stereocenters. The molecule has 2 aromatic heterocycles. The summed E-state index contributed by atoms with van der Waals surface area (Å²) in [6.45, 7) is 2.03. The van der Waals surface area contributed by atoms with Crippen LogP contribution < -0.4 is 5.73 Å². The van der Waals surface area contributed by atoms with Crippen LogP contribution in [0.25, 0.3) is 22.8 Å². The van der Waals surface area contributed by atoms with E-state index in [9.17, 15) is 4.39 Å². The van der Waals surface area contributed by atoms with Gasteiger partial charge in [0, 0.05) is 23.5 Å². The average molecular weight is 284 g/mol. The van der Waals surface area contributed by atoms with Crippen molar-refractivity contribution in [1.29, 1.82) is 0 Å². The molecule has 0 radical (unpaired) electrons. The van der Waals surface area contributed by atoms with Crippen LogP contribution in [0.4, 0.5) is 10.1 Å². The fourth-order valence-electron chi connectivity index (χ4n) is 2.05. The Morgan fingerprint density at radius 2 is 2.14 bits per heavy atom. The minimum atomic E-state index is -0.471. The molecule has 5 nitrogen and oxygen atoms in total. The van der Waals surface area contributed by atoms with E-state index in [1.807, 2.05) is 13.0 Å². The van der Waals surface area contributed by atoms with Gasteiger partial charge in [-0.25, -0.2) is 4.39 Å². The molecular formula is C15H13FN4O. The van der Waals surface area contributed by atoms with Crippen molar-refractivity contribution in [2.24, 2.45) is 0 Å². The number of aryl methyl sites for hydroxylation is 1. The van der Waals surface area contributed by atoms with Gasteiger partial charge in [-0.15, -0.1) is 0 Å². The van der Waals surface area contributed by atoms with Crippen molar-refractivity contribution in [3.63, 3.8) is 0 Å². The molecule has 1 aromatic carbocycles. The van der Waals surface area contributed by atoms with E-state index in [1.54, 1.807) is 18.5 Å². The lowest BCUT2D eigenvalue weighted by molar-refractivity contribution is 0.432. The minimum absolute atomic E-state index is 0.0467. The number of anilines is 1. The number of nitrogen functional groups attached to an aromatic ring is 1. The summed E-state index contributed by atoms with van der Waals surface area (Å²) in [6, 6.07) is 6.14. The maximum Gasteiger partial charge on any atom is 0.258 e. The van der Waals surface area contributed by atoms with E-state index in [4.69, 9.17) is 10.3 Å². The first-order valence-electron chi connectivity index (χ1n) is 6.51. The second kappa shape index (κ2) is 5.32. The number of pyridine rings is 1. The van der Waals surface area contributed by atoms with Gasteiger partial charge >= 0.3 is 0 Å². The Kier molecular flexibility index (Phi) is 3.35. The van der Waals surface area contributed by atoms with Crippen LogP contribution >= 0.6 is 0 Å². The number of hydrogen-bond donors (Lipinski definition) is 1. The SMILES string of the molecule is CCc1cnccc1-c1noc(-c2ccc(F)c(N)c2)n1. The van der Waals surface area contributed by atoms with Crippen molar-refractivity contribution in [3.05, 3.63) is 48.0 Å². The van der Waals surface area contributed by atoms with Gasteiger partial charge in [0.25, 0.3) is 5.89 Å². The first-order chi connectivity index (χ1) is 10.2. The molecule has 0 spiro atoms. The van der Waals surface area contributed by atoms with E-state index in [2.05, 4.69) is 15.1 Å². The molecule has 0 amide bonds. The molecule has 106 valence electrons. The van der Waals surface area contributed by atoms with Gasteiger partial charge in [-0.05, 0) is 36.2 Å². The van der Waals surface area contributed by atoms with Gasteiger partial charge in [0.1, 0.15) is 5.82 Å². The summed E-state index contributed by atoms with van der Waals surface area (Å²) in [5.74, 6) is 0.309. The molecule has 21 heavy (non-hydrogen) atoms. The van der Waals surface area contributed by atoms with Crippen molar-refractivity contribution >= 4 is 5.69 Å². The summed E-state index contributed by atoms with van der Waals surface area (Å²) in [5, 5.41) is 3.98. The topological polar surface area (TPSA) is 77.8 Å². The van der Waals surface area contributed by atoms with Crippen LogP contribution in [-0.2, 0) is 6.42 Å². The molecule has 0 fully saturated rings. The second-order valence-corrected chi connectivity index (χ2v) is 4.55. The lowest BCUT2D eigenvalue weighted by Gasteiger charge is -2.01. The number of aromatic nitrogens is 3. The van der Waals surface area contributed by atoms with E-state index in [0.29, 0.717) is 17.3 Å². The van der Waals surface area contributed by atoms with E-state index < -0.39 is 5.82 Å². The summed E-state index contributed by atoms with van der Waals surface area (Å²) in [6.07, 6.45) is 4.28. The Hall–Kier alpha value is -2.76. The average Bonchev–Trinajstić information content (AvgIpc) is 2.99. The monoisotopic (exact) mass is 284 g/mol. The molecule has 0 aliphatic carbocycles. The molecular weight excluding hydrogens is 271 g/mol. The Morgan fingerprint density at radius 3 is 2.90 bits per heavy atom. The highest BCUT2D eigenvalue weighted by Crippen LogP contribution is 2.26. The normalized spacial score (nSPS) is 10.8. The first kappa shape index (κ1) is 13.2. The van der Waals surface area contributed by atoms with E-state index in [-0.39, 0.29) is 5.69 Å². The number of halogens is 1. The largest absolute Gasteiger partial charge is 0.396 e. The van der Waals surface area contributed by atoms with Crippen LogP contribution in [0.3, 0.4) is 0 Å². The first-order valence-corrected chi connectivity index (χ1v) is 6.51. The van der Waals surface area contributed by atoms with Crippen LogP contribution in [0.5, 0.6) is 0 Å². The highest BCUT2D eigenvalue weighted by molar-refractivity contribution is 5.64. The quantitative estimate of drug-likeness (QED) is 0.748. The van der Waals surface area contributed by atoms with Gasteiger partial charge in [0.2, 0.25) is 5.82 Å². The van der Waals surface area contributed by atoms with Gasteiger partial charge in [-0.2, -0.15) is 4.98 Å². The molecule has 0 bridgehead atoms. The van der Waals surface area contributed by atoms with Crippen molar-refractivity contribution in [2.75, 3.05) is 5.73 Å². The second-order valence-electron chi connectivity index (χ2n) is 4.55. The zero-order valence-corrected chi connectivity index (χ0v) is 11.4. The maximum absolute atomic E-state index is 13.2.